The number of hydrogen-bond acceptors (Lipinski definition) is 2. The van der Waals surface area contributed by atoms with Crippen LogP contribution in [0.4, 0.5) is 0 Å². The molecule has 6 aliphatic rings. The van der Waals surface area contributed by atoms with E-state index in [9.17, 15) is 0 Å². The second kappa shape index (κ2) is 13.1. The summed E-state index contributed by atoms with van der Waals surface area (Å²) in [6, 6.07) is 0. The molecule has 226 valence electrons. The molecule has 0 spiro atoms. The second-order valence-electron chi connectivity index (χ2n) is 16.3. The summed E-state index contributed by atoms with van der Waals surface area (Å²) in [6.45, 7) is 24.1. The van der Waals surface area contributed by atoms with Crippen molar-refractivity contribution in [2.75, 3.05) is 0 Å². The maximum atomic E-state index is 6.83. The maximum absolute atomic E-state index is 6.83. The first-order valence-electron chi connectivity index (χ1n) is 15.7. The molecule has 6 saturated carbocycles. The molecule has 41 heavy (non-hydrogen) atoms. The average Bonchev–Trinajstić information content (AvgIpc) is 3.69. The van der Waals surface area contributed by atoms with Gasteiger partial charge in [0.05, 0.1) is 12.2 Å². The van der Waals surface area contributed by atoms with Crippen molar-refractivity contribution in [1.29, 1.82) is 0 Å². The molecule has 0 amide bonds. The van der Waals surface area contributed by atoms with E-state index in [1.807, 2.05) is 0 Å². The summed E-state index contributed by atoms with van der Waals surface area (Å²) in [7, 11) is 6.34. The molecule has 10 radical (unpaired) electrons. The van der Waals surface area contributed by atoms with Gasteiger partial charge in [-0.25, -0.2) is 0 Å². The van der Waals surface area contributed by atoms with Crippen molar-refractivity contribution in [3.05, 3.63) is 62.4 Å². The Labute approximate surface area is 275 Å². The van der Waals surface area contributed by atoms with Crippen LogP contribution in [0.5, 0.6) is 0 Å². The van der Waals surface area contributed by atoms with Gasteiger partial charge in [-0.05, 0) is 150 Å². The van der Waals surface area contributed by atoms with Crippen LogP contribution in [-0.4, -0.2) is 28.8 Å². The molecule has 0 aromatic heterocycles. The van der Waals surface area contributed by atoms with E-state index in [0.717, 1.165) is 11.8 Å². The Morgan fingerprint density at radius 1 is 0.634 bits per heavy atom. The van der Waals surface area contributed by atoms with Crippen LogP contribution in [0.15, 0.2) is 0 Å². The first-order chi connectivity index (χ1) is 18.9. The minimum absolute atomic E-state index is 0.351. The fourth-order valence-corrected chi connectivity index (χ4v) is 14.0. The number of hydrogen-bond donors (Lipinski definition) is 0. The van der Waals surface area contributed by atoms with Crippen LogP contribution in [-0.2, 0) is 29.7 Å². The predicted molar refractivity (Wildman–Crippen MR) is 176 cm³/mol. The molecule has 0 saturated heterocycles. The van der Waals surface area contributed by atoms with Gasteiger partial charge in [0.1, 0.15) is 0 Å². The van der Waals surface area contributed by atoms with Crippen molar-refractivity contribution in [3.63, 3.8) is 0 Å². The predicted octanol–water partition coefficient (Wildman–Crippen LogP) is 10.1. The van der Waals surface area contributed by atoms with Gasteiger partial charge in [-0.3, -0.25) is 0 Å². The van der Waals surface area contributed by atoms with Gasteiger partial charge in [0.25, 0.3) is 0 Å². The quantitative estimate of drug-likeness (QED) is 0.255. The van der Waals surface area contributed by atoms with E-state index in [1.54, 1.807) is 0 Å². The molecule has 0 aromatic rings. The molecule has 4 bridgehead atoms. The van der Waals surface area contributed by atoms with Crippen LogP contribution in [0, 0.1) is 95.9 Å². The van der Waals surface area contributed by atoms with E-state index >= 15 is 0 Å². The van der Waals surface area contributed by atoms with Gasteiger partial charge in [0.2, 0.25) is 0 Å². The van der Waals surface area contributed by atoms with Crippen molar-refractivity contribution in [3.8, 4) is 0 Å². The third-order valence-electron chi connectivity index (χ3n) is 11.8. The van der Waals surface area contributed by atoms with Crippen LogP contribution in [0.1, 0.15) is 80.1 Å². The van der Waals surface area contributed by atoms with E-state index in [4.69, 9.17) is 25.9 Å². The molecule has 6 rings (SSSR count). The summed E-state index contributed by atoms with van der Waals surface area (Å²) < 4.78 is 13.7. The summed E-state index contributed by atoms with van der Waals surface area (Å²) in [5.74, 6) is 1.74. The zero-order valence-corrected chi connectivity index (χ0v) is 33.2. The SMILES string of the molecule is CC1(C)[C@H]2CC[C@](C)(C2)[C@H]1O[Si](C)(C)[C]1[CH][CH][CH][CH]1.CC1(C)[C@H]2CC[C@](C)(C2)[C@H]1O[Si](C)(C)[C]1[CH][CH][CH][CH]1.[Cl][Zr+2][Cl]. The third kappa shape index (κ3) is 7.22. The van der Waals surface area contributed by atoms with E-state index in [1.165, 1.54) is 49.6 Å². The molecule has 0 N–H and O–H groups in total. The van der Waals surface area contributed by atoms with E-state index in [0.29, 0.717) is 33.9 Å². The molecular weight excluding hydrogens is 659 g/mol. The Balaban J connectivity index is 0.000000173. The Kier molecular flexibility index (Phi) is 11.4. The summed E-state index contributed by atoms with van der Waals surface area (Å²) >= 11 is -0.826. The molecule has 0 aliphatic heterocycles. The standard InChI is InChI=1S/2C17H27OSi.2ClH.Zr/c2*1-16(2)13-10-11-17(3,12-13)15(16)18-19(4,5)14-8-6-7-9-14;;;/h2*6-9,13,15H,10-12H2,1-5H3;2*1H;/q;;;;+4/p-2/t2*13-,15-,17+;;;/m00.../s1. The third-order valence-corrected chi connectivity index (χ3v) is 16.9. The zero-order valence-electron chi connectivity index (χ0n) is 27.2. The molecule has 0 aromatic carbocycles. The fourth-order valence-electron chi connectivity index (χ4n) is 9.38. The Morgan fingerprint density at radius 3 is 1.17 bits per heavy atom. The van der Waals surface area contributed by atoms with Crippen LogP contribution in [0.25, 0.3) is 0 Å². The first kappa shape index (κ1) is 35.7. The summed E-state index contributed by atoms with van der Waals surface area (Å²) in [4.78, 5) is 0. The summed E-state index contributed by atoms with van der Waals surface area (Å²) in [5.41, 5.74) is 4.42. The van der Waals surface area contributed by atoms with Gasteiger partial charge < -0.3 is 8.85 Å². The van der Waals surface area contributed by atoms with Gasteiger partial charge in [-0.15, -0.1) is 0 Å². The molecule has 0 heterocycles. The second-order valence-corrected chi connectivity index (χ2v) is 27.7. The number of fused-ring (bicyclic) bond motifs is 4. The van der Waals surface area contributed by atoms with Gasteiger partial charge in [-0.1, -0.05) is 41.5 Å². The van der Waals surface area contributed by atoms with Crippen molar-refractivity contribution in [2.24, 2.45) is 33.5 Å². The molecule has 0 unspecified atom stereocenters. The van der Waals surface area contributed by atoms with Gasteiger partial charge in [0, 0.05) is 11.1 Å². The van der Waals surface area contributed by atoms with Crippen LogP contribution in [0.2, 0.25) is 26.2 Å². The summed E-state index contributed by atoms with van der Waals surface area (Å²) in [5, 5.41) is 0. The van der Waals surface area contributed by atoms with Gasteiger partial charge >= 0.3 is 37.9 Å². The minimum atomic E-state index is -1.77. The van der Waals surface area contributed by atoms with Crippen LogP contribution < -0.4 is 0 Å². The normalized spacial score (nSPS) is 39.3. The molecular formula is C34H54Cl2O2Si2Zr+2. The summed E-state index contributed by atoms with van der Waals surface area (Å²) in [6.07, 6.45) is 26.7. The Morgan fingerprint density at radius 2 is 0.927 bits per heavy atom. The monoisotopic (exact) mass is 710 g/mol. The topological polar surface area (TPSA) is 18.5 Å². The Hall–Kier alpha value is 1.82. The van der Waals surface area contributed by atoms with Crippen molar-refractivity contribution >= 4 is 33.7 Å². The van der Waals surface area contributed by atoms with Crippen molar-refractivity contribution in [1.82, 2.24) is 0 Å². The van der Waals surface area contributed by atoms with E-state index in [2.05, 4.69) is 119 Å². The van der Waals surface area contributed by atoms with Crippen molar-refractivity contribution < 1.29 is 29.7 Å². The number of halogens is 2. The Bertz CT molecular complexity index is 806. The molecule has 6 atom stereocenters. The zero-order chi connectivity index (χ0) is 30.5. The number of rotatable bonds is 6. The molecule has 6 aliphatic carbocycles. The molecule has 2 nitrogen and oxygen atoms in total. The fraction of sp³-hybridized carbons (Fsp3) is 0.706. The van der Waals surface area contributed by atoms with Gasteiger partial charge in [-0.2, -0.15) is 0 Å². The molecule has 6 fully saturated rings. The van der Waals surface area contributed by atoms with Crippen LogP contribution in [0.3, 0.4) is 0 Å². The van der Waals surface area contributed by atoms with E-state index in [-0.39, 0.29) is 0 Å². The van der Waals surface area contributed by atoms with Gasteiger partial charge in [0.15, 0.2) is 16.6 Å². The first-order valence-corrected chi connectivity index (χ1v) is 27.8. The average molecular weight is 713 g/mol. The van der Waals surface area contributed by atoms with E-state index < -0.39 is 37.5 Å². The molecule has 7 heteroatoms. The van der Waals surface area contributed by atoms with Crippen molar-refractivity contribution in [2.45, 2.75) is 118 Å². The van der Waals surface area contributed by atoms with Crippen LogP contribution >= 0.6 is 17.0 Å².